The third-order valence-electron chi connectivity index (χ3n) is 2.08. The maximum absolute atomic E-state index is 12.5. The fourth-order valence-corrected chi connectivity index (χ4v) is 1.30. The van der Waals surface area contributed by atoms with E-state index in [9.17, 15) is 18.3 Å². The lowest BCUT2D eigenvalue weighted by molar-refractivity contribution is -0.139. The number of rotatable bonds is 2. The first-order chi connectivity index (χ1) is 6.84. The molecule has 3 N–H and O–H groups in total. The fraction of sp³-hybridized carbons (Fsp3) is 0.400. The SMILES string of the molecule is C[C@@H](N)[C@@H](O)c1ccccc1C(F)(F)F. The summed E-state index contributed by atoms with van der Waals surface area (Å²) in [5.74, 6) is 0. The zero-order valence-electron chi connectivity index (χ0n) is 8.12. The molecule has 0 fully saturated rings. The van der Waals surface area contributed by atoms with Gasteiger partial charge >= 0.3 is 6.18 Å². The number of aliphatic hydroxyl groups excluding tert-OH is 1. The molecule has 0 aliphatic heterocycles. The van der Waals surface area contributed by atoms with E-state index < -0.39 is 23.9 Å². The van der Waals surface area contributed by atoms with E-state index in [-0.39, 0.29) is 5.56 Å². The molecule has 1 aromatic rings. The van der Waals surface area contributed by atoms with Gasteiger partial charge in [0.2, 0.25) is 0 Å². The molecule has 0 bridgehead atoms. The molecular formula is C10H12F3NO. The van der Waals surface area contributed by atoms with E-state index in [2.05, 4.69) is 0 Å². The van der Waals surface area contributed by atoms with Crippen molar-refractivity contribution in [1.29, 1.82) is 0 Å². The van der Waals surface area contributed by atoms with Crippen molar-refractivity contribution in [2.24, 2.45) is 5.73 Å². The maximum atomic E-state index is 12.5. The molecule has 2 atom stereocenters. The molecule has 0 saturated heterocycles. The van der Waals surface area contributed by atoms with Crippen LogP contribution in [0.1, 0.15) is 24.2 Å². The summed E-state index contributed by atoms with van der Waals surface area (Å²) in [5.41, 5.74) is 4.34. The highest BCUT2D eigenvalue weighted by Gasteiger charge is 2.35. The van der Waals surface area contributed by atoms with Crippen molar-refractivity contribution < 1.29 is 18.3 Å². The summed E-state index contributed by atoms with van der Waals surface area (Å²) < 4.78 is 37.6. The summed E-state index contributed by atoms with van der Waals surface area (Å²) in [6.45, 7) is 1.46. The van der Waals surface area contributed by atoms with Gasteiger partial charge in [-0.2, -0.15) is 13.2 Å². The van der Waals surface area contributed by atoms with Gasteiger partial charge in [-0.3, -0.25) is 0 Å². The molecule has 0 unspecified atom stereocenters. The van der Waals surface area contributed by atoms with E-state index in [1.807, 2.05) is 0 Å². The third-order valence-corrected chi connectivity index (χ3v) is 2.08. The summed E-state index contributed by atoms with van der Waals surface area (Å²) in [5, 5.41) is 9.52. The molecule has 5 heteroatoms. The van der Waals surface area contributed by atoms with Crippen LogP contribution in [0.3, 0.4) is 0 Å². The molecule has 2 nitrogen and oxygen atoms in total. The van der Waals surface area contributed by atoms with Crippen molar-refractivity contribution in [3.05, 3.63) is 35.4 Å². The van der Waals surface area contributed by atoms with Crippen LogP contribution in [0.25, 0.3) is 0 Å². The molecule has 0 saturated carbocycles. The number of alkyl halides is 3. The standard InChI is InChI=1S/C10H12F3NO/c1-6(14)9(15)7-4-2-3-5-8(7)10(11,12)13/h2-6,9,15H,14H2,1H3/t6-,9-/m1/s1. The Kier molecular flexibility index (Phi) is 3.36. The highest BCUT2D eigenvalue weighted by Crippen LogP contribution is 2.34. The summed E-state index contributed by atoms with van der Waals surface area (Å²) in [4.78, 5) is 0. The molecule has 1 rings (SSSR count). The minimum absolute atomic E-state index is 0.181. The van der Waals surface area contributed by atoms with Gasteiger partial charge in [-0.25, -0.2) is 0 Å². The first-order valence-electron chi connectivity index (χ1n) is 4.44. The lowest BCUT2D eigenvalue weighted by Crippen LogP contribution is -2.26. The number of halogens is 3. The fourth-order valence-electron chi connectivity index (χ4n) is 1.30. The van der Waals surface area contributed by atoms with E-state index >= 15 is 0 Å². The van der Waals surface area contributed by atoms with Crippen LogP contribution < -0.4 is 5.73 Å². The van der Waals surface area contributed by atoms with Gasteiger partial charge in [-0.15, -0.1) is 0 Å². The number of benzene rings is 1. The van der Waals surface area contributed by atoms with Gasteiger partial charge in [0.1, 0.15) is 0 Å². The van der Waals surface area contributed by atoms with Crippen LogP contribution >= 0.6 is 0 Å². The Bertz CT molecular complexity index is 336. The highest BCUT2D eigenvalue weighted by molar-refractivity contribution is 5.32. The second kappa shape index (κ2) is 4.20. The average Bonchev–Trinajstić information content (AvgIpc) is 2.15. The van der Waals surface area contributed by atoms with E-state index in [0.29, 0.717) is 0 Å². The van der Waals surface area contributed by atoms with Crippen molar-refractivity contribution in [2.75, 3.05) is 0 Å². The largest absolute Gasteiger partial charge is 0.416 e. The summed E-state index contributed by atoms with van der Waals surface area (Å²) in [6, 6.07) is 4.14. The second-order valence-corrected chi connectivity index (χ2v) is 3.39. The van der Waals surface area contributed by atoms with Crippen molar-refractivity contribution >= 4 is 0 Å². The summed E-state index contributed by atoms with van der Waals surface area (Å²) in [7, 11) is 0. The lowest BCUT2D eigenvalue weighted by atomic mass is 9.98. The first kappa shape index (κ1) is 12.0. The zero-order valence-corrected chi connectivity index (χ0v) is 8.12. The van der Waals surface area contributed by atoms with Gasteiger partial charge in [0, 0.05) is 6.04 Å². The Hall–Kier alpha value is -1.07. The third kappa shape index (κ3) is 2.70. The van der Waals surface area contributed by atoms with Crippen LogP contribution in [0, 0.1) is 0 Å². The predicted octanol–water partition coefficient (Wildman–Crippen LogP) is 2.09. The minimum Gasteiger partial charge on any atom is -0.387 e. The molecule has 0 spiro atoms. The average molecular weight is 219 g/mol. The molecular weight excluding hydrogens is 207 g/mol. The van der Waals surface area contributed by atoms with Crippen molar-refractivity contribution in [3.63, 3.8) is 0 Å². The van der Waals surface area contributed by atoms with Gasteiger partial charge in [0.05, 0.1) is 11.7 Å². The van der Waals surface area contributed by atoms with Crippen LogP contribution in [-0.2, 0) is 6.18 Å². The normalized spacial score (nSPS) is 16.1. The molecule has 0 amide bonds. The summed E-state index contributed by atoms with van der Waals surface area (Å²) in [6.07, 6.45) is -5.77. The van der Waals surface area contributed by atoms with Crippen LogP contribution in [0.4, 0.5) is 13.2 Å². The molecule has 0 radical (unpaired) electrons. The van der Waals surface area contributed by atoms with Gasteiger partial charge in [-0.1, -0.05) is 18.2 Å². The summed E-state index contributed by atoms with van der Waals surface area (Å²) >= 11 is 0. The predicted molar refractivity (Wildman–Crippen MR) is 50.1 cm³/mol. The highest BCUT2D eigenvalue weighted by atomic mass is 19.4. The number of hydrogen-bond acceptors (Lipinski definition) is 2. The number of hydrogen-bond donors (Lipinski definition) is 2. The van der Waals surface area contributed by atoms with Gasteiger partial charge < -0.3 is 10.8 Å². The number of aliphatic hydroxyl groups is 1. The molecule has 84 valence electrons. The van der Waals surface area contributed by atoms with Crippen LogP contribution in [0.2, 0.25) is 0 Å². The lowest BCUT2D eigenvalue weighted by Gasteiger charge is -2.19. The second-order valence-electron chi connectivity index (χ2n) is 3.39. The Morgan fingerprint density at radius 1 is 1.27 bits per heavy atom. The Labute approximate surface area is 85.5 Å². The first-order valence-corrected chi connectivity index (χ1v) is 4.44. The van der Waals surface area contributed by atoms with Crippen molar-refractivity contribution in [2.45, 2.75) is 25.2 Å². The monoisotopic (exact) mass is 219 g/mol. The van der Waals surface area contributed by atoms with E-state index in [4.69, 9.17) is 5.73 Å². The molecule has 1 aromatic carbocycles. The quantitative estimate of drug-likeness (QED) is 0.800. The topological polar surface area (TPSA) is 46.2 Å². The van der Waals surface area contributed by atoms with E-state index in [1.54, 1.807) is 0 Å². The molecule has 0 aliphatic carbocycles. The molecule has 0 heterocycles. The molecule has 0 aliphatic rings. The molecule has 0 aromatic heterocycles. The van der Waals surface area contributed by atoms with Crippen LogP contribution in [-0.4, -0.2) is 11.1 Å². The Morgan fingerprint density at radius 3 is 2.27 bits per heavy atom. The number of nitrogens with two attached hydrogens (primary N) is 1. The Morgan fingerprint density at radius 2 is 1.80 bits per heavy atom. The smallest absolute Gasteiger partial charge is 0.387 e. The van der Waals surface area contributed by atoms with Gasteiger partial charge in [-0.05, 0) is 18.6 Å². The Balaban J connectivity index is 3.18. The van der Waals surface area contributed by atoms with Crippen LogP contribution in [0.5, 0.6) is 0 Å². The minimum atomic E-state index is -4.47. The van der Waals surface area contributed by atoms with Crippen molar-refractivity contribution in [1.82, 2.24) is 0 Å². The maximum Gasteiger partial charge on any atom is 0.416 e. The van der Waals surface area contributed by atoms with E-state index in [1.165, 1.54) is 25.1 Å². The zero-order chi connectivity index (χ0) is 11.6. The van der Waals surface area contributed by atoms with Crippen molar-refractivity contribution in [3.8, 4) is 0 Å². The van der Waals surface area contributed by atoms with E-state index in [0.717, 1.165) is 6.07 Å². The molecule has 15 heavy (non-hydrogen) atoms. The van der Waals surface area contributed by atoms with Gasteiger partial charge in [0.25, 0.3) is 0 Å². The van der Waals surface area contributed by atoms with Crippen LogP contribution in [0.15, 0.2) is 24.3 Å². The van der Waals surface area contributed by atoms with Gasteiger partial charge in [0.15, 0.2) is 0 Å².